The molecule has 2 amide bonds. The molecule has 1 saturated heterocycles. The van der Waals surface area contributed by atoms with Crippen molar-refractivity contribution in [1.29, 1.82) is 0 Å². The Morgan fingerprint density at radius 2 is 1.91 bits per heavy atom. The number of pyridine rings is 1. The minimum Gasteiger partial charge on any atom is -0.445 e. The third kappa shape index (κ3) is 6.24. The number of ether oxygens (including phenoxy) is 2. The highest BCUT2D eigenvalue weighted by atomic mass is 16.6. The highest BCUT2D eigenvalue weighted by molar-refractivity contribution is 5.88. The highest BCUT2D eigenvalue weighted by Crippen LogP contribution is 2.38. The van der Waals surface area contributed by atoms with Crippen LogP contribution < -0.4 is 4.90 Å². The van der Waals surface area contributed by atoms with Crippen LogP contribution in [0.15, 0.2) is 48.7 Å². The first-order valence-electron chi connectivity index (χ1n) is 11.7. The lowest BCUT2D eigenvalue weighted by molar-refractivity contribution is 0.0565. The Hall–Kier alpha value is -3.09. The number of carbonyl (C=O) groups is 2. The van der Waals surface area contributed by atoms with Crippen molar-refractivity contribution >= 4 is 18.0 Å². The standard InChI is InChI=1S/C26H35N3O4/c1-6-19(2)29(25(31)33-26(3,4)5)23-21(14-10-16-27-23)22-15-11-17-28(22)24(30)32-18-20-12-8-7-9-13-20/h7-10,12-14,16,19,22H,6,11,15,17-18H2,1-5H3/t19-,22+/m1/s1. The zero-order chi connectivity index (χ0) is 24.0. The smallest absolute Gasteiger partial charge is 0.416 e. The van der Waals surface area contributed by atoms with Crippen LogP contribution in [0.2, 0.25) is 0 Å². The molecular formula is C26H35N3O4. The second kappa shape index (κ2) is 10.7. The van der Waals surface area contributed by atoms with Crippen molar-refractivity contribution in [1.82, 2.24) is 9.88 Å². The van der Waals surface area contributed by atoms with Gasteiger partial charge in [-0.1, -0.05) is 43.3 Å². The summed E-state index contributed by atoms with van der Waals surface area (Å²) >= 11 is 0. The summed E-state index contributed by atoms with van der Waals surface area (Å²) in [5, 5.41) is 0. The van der Waals surface area contributed by atoms with Crippen molar-refractivity contribution in [3.63, 3.8) is 0 Å². The average Bonchev–Trinajstić information content (AvgIpc) is 3.27. The molecule has 0 bridgehead atoms. The molecule has 1 aliphatic rings. The van der Waals surface area contributed by atoms with Crippen molar-refractivity contribution in [3.05, 3.63) is 59.8 Å². The molecule has 7 nitrogen and oxygen atoms in total. The van der Waals surface area contributed by atoms with Crippen LogP contribution in [0.1, 0.15) is 71.0 Å². The molecule has 1 aliphatic heterocycles. The number of amides is 2. The number of carbonyl (C=O) groups excluding carboxylic acids is 2. The van der Waals surface area contributed by atoms with Crippen molar-refractivity contribution in [2.24, 2.45) is 0 Å². The molecule has 178 valence electrons. The lowest BCUT2D eigenvalue weighted by atomic mass is 10.0. The Balaban J connectivity index is 1.86. The molecule has 2 atom stereocenters. The maximum Gasteiger partial charge on any atom is 0.416 e. The van der Waals surface area contributed by atoms with Crippen LogP contribution in [0.4, 0.5) is 15.4 Å². The number of aromatic nitrogens is 1. The molecule has 0 spiro atoms. The summed E-state index contributed by atoms with van der Waals surface area (Å²) < 4.78 is 11.3. The molecule has 0 N–H and O–H groups in total. The van der Waals surface area contributed by atoms with E-state index < -0.39 is 11.7 Å². The zero-order valence-corrected chi connectivity index (χ0v) is 20.3. The number of hydrogen-bond donors (Lipinski definition) is 0. The van der Waals surface area contributed by atoms with Crippen LogP contribution in [0.5, 0.6) is 0 Å². The summed E-state index contributed by atoms with van der Waals surface area (Å²) in [6.45, 7) is 10.4. The molecule has 2 aromatic rings. The molecule has 0 saturated carbocycles. The second-order valence-corrected chi connectivity index (χ2v) is 9.42. The molecule has 7 heteroatoms. The van der Waals surface area contributed by atoms with Crippen LogP contribution in [0, 0.1) is 0 Å². The monoisotopic (exact) mass is 453 g/mol. The molecule has 1 aromatic heterocycles. The van der Waals surface area contributed by atoms with Gasteiger partial charge in [0.25, 0.3) is 0 Å². The third-order valence-corrected chi connectivity index (χ3v) is 5.72. The molecular weight excluding hydrogens is 418 g/mol. The van der Waals surface area contributed by atoms with E-state index in [-0.39, 0.29) is 24.8 Å². The molecule has 33 heavy (non-hydrogen) atoms. The summed E-state index contributed by atoms with van der Waals surface area (Å²) in [5.41, 5.74) is 1.15. The zero-order valence-electron chi connectivity index (χ0n) is 20.3. The van der Waals surface area contributed by atoms with E-state index in [4.69, 9.17) is 9.47 Å². The predicted molar refractivity (Wildman–Crippen MR) is 128 cm³/mol. The van der Waals surface area contributed by atoms with E-state index in [2.05, 4.69) is 4.98 Å². The fraction of sp³-hybridized carbons (Fsp3) is 0.500. The van der Waals surface area contributed by atoms with Crippen molar-refractivity contribution in [3.8, 4) is 0 Å². The van der Waals surface area contributed by atoms with Gasteiger partial charge in [-0.3, -0.25) is 4.90 Å². The van der Waals surface area contributed by atoms with Crippen LogP contribution in [0.25, 0.3) is 0 Å². The van der Waals surface area contributed by atoms with Gasteiger partial charge in [0.15, 0.2) is 0 Å². The molecule has 0 unspecified atom stereocenters. The van der Waals surface area contributed by atoms with E-state index in [0.29, 0.717) is 12.4 Å². The highest BCUT2D eigenvalue weighted by Gasteiger charge is 2.36. The van der Waals surface area contributed by atoms with Crippen molar-refractivity contribution < 1.29 is 19.1 Å². The number of hydrogen-bond acceptors (Lipinski definition) is 5. The summed E-state index contributed by atoms with van der Waals surface area (Å²) in [6, 6.07) is 13.1. The van der Waals surface area contributed by atoms with Gasteiger partial charge in [0, 0.05) is 24.3 Å². The number of nitrogens with zero attached hydrogens (tertiary/aromatic N) is 3. The molecule has 0 aliphatic carbocycles. The maximum atomic E-state index is 13.2. The first kappa shape index (κ1) is 24.6. The summed E-state index contributed by atoms with van der Waals surface area (Å²) in [6.07, 6.45) is 3.25. The van der Waals surface area contributed by atoms with Crippen molar-refractivity contribution in [2.45, 2.75) is 78.2 Å². The first-order valence-corrected chi connectivity index (χ1v) is 11.7. The Morgan fingerprint density at radius 3 is 2.58 bits per heavy atom. The summed E-state index contributed by atoms with van der Waals surface area (Å²) in [7, 11) is 0. The van der Waals surface area contributed by atoms with Crippen LogP contribution >= 0.6 is 0 Å². The molecule has 0 radical (unpaired) electrons. The molecule has 1 fully saturated rings. The van der Waals surface area contributed by atoms with Gasteiger partial charge in [-0.15, -0.1) is 0 Å². The van der Waals surface area contributed by atoms with Gasteiger partial charge in [0.2, 0.25) is 0 Å². The van der Waals surface area contributed by atoms with Gasteiger partial charge in [-0.05, 0) is 58.6 Å². The Kier molecular flexibility index (Phi) is 7.95. The van der Waals surface area contributed by atoms with Crippen LogP contribution in [-0.2, 0) is 16.1 Å². The van der Waals surface area contributed by atoms with Gasteiger partial charge in [0.1, 0.15) is 18.0 Å². The number of anilines is 1. The predicted octanol–water partition coefficient (Wildman–Crippen LogP) is 6.10. The van der Waals surface area contributed by atoms with E-state index in [0.717, 1.165) is 30.4 Å². The van der Waals surface area contributed by atoms with E-state index in [1.165, 1.54) is 0 Å². The van der Waals surface area contributed by atoms with E-state index in [1.54, 1.807) is 16.0 Å². The van der Waals surface area contributed by atoms with Gasteiger partial charge in [-0.2, -0.15) is 0 Å². The van der Waals surface area contributed by atoms with Gasteiger partial charge in [0.05, 0.1) is 6.04 Å². The largest absolute Gasteiger partial charge is 0.445 e. The Bertz CT molecular complexity index is 942. The van der Waals surface area contributed by atoms with Gasteiger partial charge >= 0.3 is 12.2 Å². The van der Waals surface area contributed by atoms with Crippen LogP contribution in [-0.4, -0.2) is 40.3 Å². The average molecular weight is 454 g/mol. The summed E-state index contributed by atoms with van der Waals surface area (Å²) in [5.74, 6) is 0.536. The molecule has 1 aromatic carbocycles. The van der Waals surface area contributed by atoms with Crippen LogP contribution in [0.3, 0.4) is 0 Å². The number of rotatable bonds is 6. The lowest BCUT2D eigenvalue weighted by Crippen LogP contribution is -2.43. The molecule has 3 rings (SSSR count). The minimum absolute atomic E-state index is 0.117. The Labute approximate surface area is 196 Å². The van der Waals surface area contributed by atoms with E-state index in [9.17, 15) is 9.59 Å². The maximum absolute atomic E-state index is 13.2. The van der Waals surface area contributed by atoms with E-state index >= 15 is 0 Å². The van der Waals surface area contributed by atoms with Gasteiger partial charge in [-0.25, -0.2) is 14.6 Å². The number of benzene rings is 1. The normalized spacial score (nSPS) is 16.9. The lowest BCUT2D eigenvalue weighted by Gasteiger charge is -2.33. The first-order chi connectivity index (χ1) is 15.7. The van der Waals surface area contributed by atoms with Crippen molar-refractivity contribution in [2.75, 3.05) is 11.4 Å². The molecule has 2 heterocycles. The SMILES string of the molecule is CC[C@@H](C)N(C(=O)OC(C)(C)C)c1ncccc1[C@@H]1CCCN1C(=O)OCc1ccccc1. The van der Waals surface area contributed by atoms with E-state index in [1.807, 2.05) is 77.1 Å². The fourth-order valence-corrected chi connectivity index (χ4v) is 3.95. The second-order valence-electron chi connectivity index (χ2n) is 9.42. The fourth-order valence-electron chi connectivity index (χ4n) is 3.95. The minimum atomic E-state index is -0.627. The third-order valence-electron chi connectivity index (χ3n) is 5.72. The summed E-state index contributed by atoms with van der Waals surface area (Å²) in [4.78, 5) is 34.1. The number of likely N-dealkylation sites (tertiary alicyclic amines) is 1. The Morgan fingerprint density at radius 1 is 1.18 bits per heavy atom. The topological polar surface area (TPSA) is 72.0 Å². The quantitative estimate of drug-likeness (QED) is 0.529. The van der Waals surface area contributed by atoms with Gasteiger partial charge < -0.3 is 14.4 Å².